The molecule has 1 aliphatic rings. The lowest BCUT2D eigenvalue weighted by Crippen LogP contribution is -2.33. The Morgan fingerprint density at radius 1 is 1.21 bits per heavy atom. The van der Waals surface area contributed by atoms with Crippen LogP contribution in [0, 0.1) is 0 Å². The molecular formula is C20H22N4O4. The number of hydrogen-bond acceptors (Lipinski definition) is 5. The molecule has 0 spiro atoms. The lowest BCUT2D eigenvalue weighted by molar-refractivity contribution is -0.121. The molecule has 1 unspecified atom stereocenters. The van der Waals surface area contributed by atoms with Crippen LogP contribution in [0.1, 0.15) is 18.5 Å². The van der Waals surface area contributed by atoms with E-state index in [0.29, 0.717) is 24.4 Å². The van der Waals surface area contributed by atoms with E-state index in [-0.39, 0.29) is 24.7 Å². The molecule has 1 aromatic carbocycles. The number of nitrogens with zero attached hydrogens (tertiary/aromatic N) is 2. The number of carbonyl (C=O) groups excluding carboxylic acids is 3. The molecule has 1 aromatic heterocycles. The highest BCUT2D eigenvalue weighted by atomic mass is 16.5. The Bertz CT molecular complexity index is 839. The second-order valence-corrected chi connectivity index (χ2v) is 6.33. The lowest BCUT2D eigenvalue weighted by Gasteiger charge is -2.13. The van der Waals surface area contributed by atoms with Crippen molar-refractivity contribution in [1.29, 1.82) is 0 Å². The summed E-state index contributed by atoms with van der Waals surface area (Å²) in [6.45, 7) is 0.471. The molecule has 1 saturated heterocycles. The van der Waals surface area contributed by atoms with Crippen LogP contribution in [-0.4, -0.2) is 42.5 Å². The maximum absolute atomic E-state index is 12.6. The molecule has 0 aliphatic carbocycles. The summed E-state index contributed by atoms with van der Waals surface area (Å²) in [4.78, 5) is 42.0. The number of amides is 4. The van der Waals surface area contributed by atoms with Gasteiger partial charge in [0.05, 0.1) is 12.8 Å². The summed E-state index contributed by atoms with van der Waals surface area (Å²) in [6.07, 6.45) is 2.74. The summed E-state index contributed by atoms with van der Waals surface area (Å²) in [7, 11) is 1.54. The second-order valence-electron chi connectivity index (χ2n) is 6.33. The smallest absolute Gasteiger partial charge is 0.329 e. The predicted octanol–water partition coefficient (Wildman–Crippen LogP) is 1.65. The predicted molar refractivity (Wildman–Crippen MR) is 103 cm³/mol. The molecule has 1 fully saturated rings. The zero-order chi connectivity index (χ0) is 19.9. The summed E-state index contributed by atoms with van der Waals surface area (Å²) in [5.74, 6) is 0.104. The minimum absolute atomic E-state index is 0.148. The molecule has 1 atom stereocenters. The number of hydrogen-bond donors (Lipinski definition) is 2. The number of anilines is 1. The molecule has 2 aromatic rings. The zero-order valence-corrected chi connectivity index (χ0v) is 15.6. The molecular weight excluding hydrogens is 360 g/mol. The van der Waals surface area contributed by atoms with Crippen LogP contribution >= 0.6 is 0 Å². The number of methoxy groups -OCH3 is 1. The van der Waals surface area contributed by atoms with Crippen LogP contribution in [0.25, 0.3) is 0 Å². The first kappa shape index (κ1) is 19.3. The van der Waals surface area contributed by atoms with E-state index >= 15 is 0 Å². The van der Waals surface area contributed by atoms with E-state index in [1.54, 1.807) is 37.6 Å². The van der Waals surface area contributed by atoms with Gasteiger partial charge in [0.2, 0.25) is 5.91 Å². The first-order valence-electron chi connectivity index (χ1n) is 9.03. The highest BCUT2D eigenvalue weighted by Crippen LogP contribution is 2.23. The van der Waals surface area contributed by atoms with Crippen LogP contribution < -0.4 is 20.3 Å². The normalized spacial score (nSPS) is 16.0. The van der Waals surface area contributed by atoms with Gasteiger partial charge in [0.25, 0.3) is 5.91 Å². The fraction of sp³-hybridized carbons (Fsp3) is 0.300. The van der Waals surface area contributed by atoms with Gasteiger partial charge in [0.1, 0.15) is 11.8 Å². The van der Waals surface area contributed by atoms with Crippen molar-refractivity contribution in [3.05, 3.63) is 54.4 Å². The summed E-state index contributed by atoms with van der Waals surface area (Å²) in [5, 5.41) is 5.44. The van der Waals surface area contributed by atoms with Gasteiger partial charge in [-0.1, -0.05) is 6.07 Å². The molecule has 2 heterocycles. The monoisotopic (exact) mass is 382 g/mol. The minimum Gasteiger partial charge on any atom is -0.497 e. The fourth-order valence-corrected chi connectivity index (χ4v) is 2.94. The number of benzene rings is 1. The Morgan fingerprint density at radius 3 is 2.68 bits per heavy atom. The van der Waals surface area contributed by atoms with Gasteiger partial charge in [0, 0.05) is 31.3 Å². The van der Waals surface area contributed by atoms with Gasteiger partial charge in [0.15, 0.2) is 0 Å². The van der Waals surface area contributed by atoms with E-state index in [2.05, 4.69) is 15.6 Å². The number of aromatic nitrogens is 1. The van der Waals surface area contributed by atoms with Gasteiger partial charge in [-0.2, -0.15) is 0 Å². The summed E-state index contributed by atoms with van der Waals surface area (Å²) < 4.78 is 5.08. The molecule has 146 valence electrons. The highest BCUT2D eigenvalue weighted by Gasteiger charge is 2.38. The van der Waals surface area contributed by atoms with E-state index in [4.69, 9.17) is 4.74 Å². The van der Waals surface area contributed by atoms with Crippen molar-refractivity contribution in [2.24, 2.45) is 0 Å². The average molecular weight is 382 g/mol. The van der Waals surface area contributed by atoms with Crippen molar-refractivity contribution < 1.29 is 19.1 Å². The summed E-state index contributed by atoms with van der Waals surface area (Å²) in [6, 6.07) is 11.1. The van der Waals surface area contributed by atoms with E-state index in [0.717, 1.165) is 10.6 Å². The number of ether oxygens (including phenoxy) is 1. The van der Waals surface area contributed by atoms with E-state index in [1.165, 1.54) is 0 Å². The first-order valence-corrected chi connectivity index (χ1v) is 9.03. The average Bonchev–Trinajstić information content (AvgIpc) is 3.00. The molecule has 0 bridgehead atoms. The third-order valence-corrected chi connectivity index (χ3v) is 4.44. The standard InChI is InChI=1S/C20H22N4O4/c1-28-16-7-5-15(6-8-16)24-19(26)17(23-20(24)27)9-10-18(25)22-13-11-14-4-2-3-12-21-14/h2-8,12,17H,9-11,13H2,1H3,(H,22,25)(H,23,27). The van der Waals surface area contributed by atoms with Gasteiger partial charge in [-0.3, -0.25) is 14.6 Å². The zero-order valence-electron chi connectivity index (χ0n) is 15.6. The SMILES string of the molecule is COc1ccc(N2C(=O)NC(CCC(=O)NCCc3ccccn3)C2=O)cc1. The van der Waals surface area contributed by atoms with Crippen molar-refractivity contribution in [3.63, 3.8) is 0 Å². The highest BCUT2D eigenvalue weighted by molar-refractivity contribution is 6.21. The molecule has 8 nitrogen and oxygen atoms in total. The van der Waals surface area contributed by atoms with Crippen LogP contribution in [0.3, 0.4) is 0 Å². The van der Waals surface area contributed by atoms with Gasteiger partial charge >= 0.3 is 6.03 Å². The maximum atomic E-state index is 12.6. The number of carbonyl (C=O) groups is 3. The minimum atomic E-state index is -0.712. The number of imide groups is 1. The molecule has 4 amide bonds. The maximum Gasteiger partial charge on any atom is 0.329 e. The molecule has 0 saturated carbocycles. The van der Waals surface area contributed by atoms with E-state index in [1.807, 2.05) is 18.2 Å². The lowest BCUT2D eigenvalue weighted by atomic mass is 10.1. The van der Waals surface area contributed by atoms with Crippen molar-refractivity contribution >= 4 is 23.5 Å². The second kappa shape index (κ2) is 8.98. The summed E-state index contributed by atoms with van der Waals surface area (Å²) >= 11 is 0. The van der Waals surface area contributed by atoms with Crippen LogP contribution in [0.15, 0.2) is 48.7 Å². The van der Waals surface area contributed by atoms with Crippen molar-refractivity contribution in [3.8, 4) is 5.75 Å². The molecule has 8 heteroatoms. The molecule has 28 heavy (non-hydrogen) atoms. The molecule has 1 aliphatic heterocycles. The van der Waals surface area contributed by atoms with Crippen molar-refractivity contribution in [1.82, 2.24) is 15.6 Å². The molecule has 2 N–H and O–H groups in total. The van der Waals surface area contributed by atoms with Gasteiger partial charge in [-0.15, -0.1) is 0 Å². The number of pyridine rings is 1. The van der Waals surface area contributed by atoms with Gasteiger partial charge in [-0.05, 0) is 42.8 Å². The topological polar surface area (TPSA) is 101 Å². The molecule has 0 radical (unpaired) electrons. The largest absolute Gasteiger partial charge is 0.497 e. The third-order valence-electron chi connectivity index (χ3n) is 4.44. The Labute approximate surface area is 162 Å². The Morgan fingerprint density at radius 2 is 2.00 bits per heavy atom. The van der Waals surface area contributed by atoms with Crippen molar-refractivity contribution in [2.45, 2.75) is 25.3 Å². The van der Waals surface area contributed by atoms with E-state index in [9.17, 15) is 14.4 Å². The van der Waals surface area contributed by atoms with Gasteiger partial charge in [-0.25, -0.2) is 9.69 Å². The quantitative estimate of drug-likeness (QED) is 0.676. The van der Waals surface area contributed by atoms with Gasteiger partial charge < -0.3 is 15.4 Å². The number of rotatable bonds is 8. The van der Waals surface area contributed by atoms with E-state index < -0.39 is 12.1 Å². The molecule has 3 rings (SSSR count). The summed E-state index contributed by atoms with van der Waals surface area (Å²) in [5.41, 5.74) is 1.36. The number of nitrogens with one attached hydrogen (secondary N) is 2. The van der Waals surface area contributed by atoms with Crippen LogP contribution in [-0.2, 0) is 16.0 Å². The van der Waals surface area contributed by atoms with Crippen LogP contribution in [0.2, 0.25) is 0 Å². The third kappa shape index (κ3) is 4.64. The fourth-order valence-electron chi connectivity index (χ4n) is 2.94. The Kier molecular flexibility index (Phi) is 6.21. The Hall–Kier alpha value is -3.42. The number of urea groups is 1. The Balaban J connectivity index is 1.47. The first-order chi connectivity index (χ1) is 13.6. The van der Waals surface area contributed by atoms with Crippen LogP contribution in [0.5, 0.6) is 5.75 Å². The van der Waals surface area contributed by atoms with Crippen molar-refractivity contribution in [2.75, 3.05) is 18.6 Å². The van der Waals surface area contributed by atoms with Crippen LogP contribution in [0.4, 0.5) is 10.5 Å².